The van der Waals surface area contributed by atoms with Gasteiger partial charge in [-0.2, -0.15) is 0 Å². The zero-order valence-electron chi connectivity index (χ0n) is 14.3. The number of likely N-dealkylation sites (tertiary alicyclic amines) is 1. The number of carbonyl (C=O) groups is 1. The Morgan fingerprint density at radius 1 is 1.43 bits per heavy atom. The summed E-state index contributed by atoms with van der Waals surface area (Å²) in [4.78, 5) is 13.9. The van der Waals surface area contributed by atoms with Crippen molar-refractivity contribution in [2.45, 2.75) is 52.2 Å². The monoisotopic (exact) mass is 339 g/mol. The van der Waals surface area contributed by atoms with E-state index in [2.05, 4.69) is 0 Å². The standard InChI is InChI=1S/C18H26ClNO3/c1-12-5-6-13(15(19)9-12)10-14-11-20(8-7-16(14)21)17(22)23-18(2,3)4/h5-6,9,14,16,21H,7-8,10-11H2,1-4H3. The van der Waals surface area contributed by atoms with Gasteiger partial charge in [0.15, 0.2) is 0 Å². The number of hydrogen-bond acceptors (Lipinski definition) is 3. The van der Waals surface area contributed by atoms with Crippen LogP contribution in [0.25, 0.3) is 0 Å². The molecule has 23 heavy (non-hydrogen) atoms. The molecule has 0 radical (unpaired) electrons. The number of benzene rings is 1. The number of carbonyl (C=O) groups excluding carboxylic acids is 1. The molecule has 2 rings (SSSR count). The van der Waals surface area contributed by atoms with E-state index in [1.165, 1.54) is 0 Å². The van der Waals surface area contributed by atoms with Gasteiger partial charge in [-0.25, -0.2) is 4.79 Å². The molecule has 4 nitrogen and oxygen atoms in total. The minimum absolute atomic E-state index is 0.0310. The van der Waals surface area contributed by atoms with Crippen molar-refractivity contribution in [1.29, 1.82) is 0 Å². The predicted octanol–water partition coefficient (Wildman–Crippen LogP) is 3.81. The molecule has 5 heteroatoms. The van der Waals surface area contributed by atoms with Crippen LogP contribution in [0.2, 0.25) is 5.02 Å². The maximum Gasteiger partial charge on any atom is 0.410 e. The van der Waals surface area contributed by atoms with E-state index in [1.807, 2.05) is 45.9 Å². The van der Waals surface area contributed by atoms with Crippen LogP contribution in [-0.4, -0.2) is 40.9 Å². The molecule has 1 amide bonds. The lowest BCUT2D eigenvalue weighted by molar-refractivity contribution is -0.00823. The first-order chi connectivity index (χ1) is 10.7. The molecule has 1 fully saturated rings. The molecule has 0 bridgehead atoms. The van der Waals surface area contributed by atoms with E-state index in [-0.39, 0.29) is 12.0 Å². The molecule has 0 aliphatic carbocycles. The predicted molar refractivity (Wildman–Crippen MR) is 91.8 cm³/mol. The van der Waals surface area contributed by atoms with Gasteiger partial charge in [-0.15, -0.1) is 0 Å². The van der Waals surface area contributed by atoms with Crippen molar-refractivity contribution in [3.8, 4) is 0 Å². The number of aryl methyl sites for hydroxylation is 1. The van der Waals surface area contributed by atoms with Crippen molar-refractivity contribution < 1.29 is 14.6 Å². The second kappa shape index (κ2) is 7.10. The first kappa shape index (κ1) is 18.1. The van der Waals surface area contributed by atoms with Crippen LogP contribution in [-0.2, 0) is 11.2 Å². The van der Waals surface area contributed by atoms with Gasteiger partial charge >= 0.3 is 6.09 Å². The second-order valence-corrected chi connectivity index (χ2v) is 7.75. The third kappa shape index (κ3) is 5.11. The molecule has 1 aromatic rings. The smallest absolute Gasteiger partial charge is 0.410 e. The van der Waals surface area contributed by atoms with E-state index in [0.717, 1.165) is 11.1 Å². The van der Waals surface area contributed by atoms with E-state index in [1.54, 1.807) is 4.90 Å². The number of ether oxygens (including phenoxy) is 1. The van der Waals surface area contributed by atoms with E-state index in [9.17, 15) is 9.90 Å². The molecule has 2 unspecified atom stereocenters. The highest BCUT2D eigenvalue weighted by Gasteiger charge is 2.32. The highest BCUT2D eigenvalue weighted by atomic mass is 35.5. The number of aliphatic hydroxyl groups is 1. The number of hydrogen-bond donors (Lipinski definition) is 1. The van der Waals surface area contributed by atoms with Crippen molar-refractivity contribution in [1.82, 2.24) is 4.90 Å². The van der Waals surface area contributed by atoms with Gasteiger partial charge in [0.1, 0.15) is 5.60 Å². The van der Waals surface area contributed by atoms with Gasteiger partial charge in [0.05, 0.1) is 6.10 Å². The lowest BCUT2D eigenvalue weighted by atomic mass is 9.88. The van der Waals surface area contributed by atoms with Crippen molar-refractivity contribution in [2.24, 2.45) is 5.92 Å². The second-order valence-electron chi connectivity index (χ2n) is 7.34. The molecule has 0 aromatic heterocycles. The van der Waals surface area contributed by atoms with Gasteiger partial charge in [0.2, 0.25) is 0 Å². The Labute approximate surface area is 143 Å². The molecule has 1 heterocycles. The quantitative estimate of drug-likeness (QED) is 0.891. The van der Waals surface area contributed by atoms with Gasteiger partial charge in [-0.1, -0.05) is 23.7 Å². The molecule has 1 aliphatic rings. The summed E-state index contributed by atoms with van der Waals surface area (Å²) >= 11 is 6.30. The summed E-state index contributed by atoms with van der Waals surface area (Å²) in [5, 5.41) is 11.0. The van der Waals surface area contributed by atoms with E-state index in [0.29, 0.717) is 31.0 Å². The highest BCUT2D eigenvalue weighted by Crippen LogP contribution is 2.27. The van der Waals surface area contributed by atoms with Crippen LogP contribution < -0.4 is 0 Å². The van der Waals surface area contributed by atoms with Crippen molar-refractivity contribution in [3.63, 3.8) is 0 Å². The molecular weight excluding hydrogens is 314 g/mol. The summed E-state index contributed by atoms with van der Waals surface area (Å²) in [5.74, 6) is -0.0310. The SMILES string of the molecule is Cc1ccc(CC2CN(C(=O)OC(C)(C)C)CCC2O)c(Cl)c1. The van der Waals surface area contributed by atoms with Crippen LogP contribution in [0.5, 0.6) is 0 Å². The summed E-state index contributed by atoms with van der Waals surface area (Å²) < 4.78 is 5.43. The number of amides is 1. The van der Waals surface area contributed by atoms with Crippen LogP contribution in [0.15, 0.2) is 18.2 Å². The Balaban J connectivity index is 2.04. The summed E-state index contributed by atoms with van der Waals surface area (Å²) in [6.07, 6.45) is 0.475. The maximum absolute atomic E-state index is 12.2. The summed E-state index contributed by atoms with van der Waals surface area (Å²) in [6.45, 7) is 8.57. The Bertz CT molecular complexity index is 568. The molecule has 128 valence electrons. The van der Waals surface area contributed by atoms with Gasteiger partial charge in [0, 0.05) is 24.0 Å². The number of halogens is 1. The molecule has 1 N–H and O–H groups in total. The molecule has 2 atom stereocenters. The number of nitrogens with zero attached hydrogens (tertiary/aromatic N) is 1. The molecular formula is C18H26ClNO3. The van der Waals surface area contributed by atoms with Crippen LogP contribution in [0.1, 0.15) is 38.3 Å². The van der Waals surface area contributed by atoms with Gasteiger partial charge in [0.25, 0.3) is 0 Å². The zero-order chi connectivity index (χ0) is 17.2. The van der Waals surface area contributed by atoms with Crippen molar-refractivity contribution in [3.05, 3.63) is 34.3 Å². The molecule has 1 aliphatic heterocycles. The van der Waals surface area contributed by atoms with E-state index < -0.39 is 11.7 Å². The molecule has 0 spiro atoms. The number of rotatable bonds is 2. The van der Waals surface area contributed by atoms with E-state index in [4.69, 9.17) is 16.3 Å². The zero-order valence-corrected chi connectivity index (χ0v) is 15.1. The van der Waals surface area contributed by atoms with Crippen molar-refractivity contribution in [2.75, 3.05) is 13.1 Å². The number of piperidine rings is 1. The molecule has 1 saturated heterocycles. The fourth-order valence-electron chi connectivity index (χ4n) is 2.81. The average Bonchev–Trinajstić information content (AvgIpc) is 2.42. The Morgan fingerprint density at radius 3 is 2.74 bits per heavy atom. The van der Waals surface area contributed by atoms with Gasteiger partial charge in [-0.05, 0) is 57.7 Å². The lowest BCUT2D eigenvalue weighted by Crippen LogP contribution is -2.48. The fourth-order valence-corrected chi connectivity index (χ4v) is 3.13. The van der Waals surface area contributed by atoms with Crippen LogP contribution in [0.3, 0.4) is 0 Å². The Kier molecular flexibility index (Phi) is 5.58. The lowest BCUT2D eigenvalue weighted by Gasteiger charge is -2.37. The van der Waals surface area contributed by atoms with Gasteiger partial charge in [-0.3, -0.25) is 0 Å². The normalized spacial score (nSPS) is 22.1. The van der Waals surface area contributed by atoms with E-state index >= 15 is 0 Å². The van der Waals surface area contributed by atoms with Crippen molar-refractivity contribution >= 4 is 17.7 Å². The first-order valence-electron chi connectivity index (χ1n) is 8.07. The van der Waals surface area contributed by atoms with Gasteiger partial charge < -0.3 is 14.7 Å². The Morgan fingerprint density at radius 2 is 2.13 bits per heavy atom. The summed E-state index contributed by atoms with van der Waals surface area (Å²) in [5.41, 5.74) is 1.61. The van der Waals surface area contributed by atoms with Crippen LogP contribution in [0, 0.1) is 12.8 Å². The summed E-state index contributed by atoms with van der Waals surface area (Å²) in [6, 6.07) is 5.94. The number of aliphatic hydroxyl groups excluding tert-OH is 1. The third-order valence-electron chi connectivity index (χ3n) is 4.04. The largest absolute Gasteiger partial charge is 0.444 e. The fraction of sp³-hybridized carbons (Fsp3) is 0.611. The first-order valence-corrected chi connectivity index (χ1v) is 8.44. The Hall–Kier alpha value is -1.26. The average molecular weight is 340 g/mol. The molecule has 1 aromatic carbocycles. The maximum atomic E-state index is 12.2. The topological polar surface area (TPSA) is 49.8 Å². The molecule has 0 saturated carbocycles. The highest BCUT2D eigenvalue weighted by molar-refractivity contribution is 6.31. The van der Waals surface area contributed by atoms with Crippen LogP contribution >= 0.6 is 11.6 Å². The summed E-state index contributed by atoms with van der Waals surface area (Å²) in [7, 11) is 0. The minimum Gasteiger partial charge on any atom is -0.444 e. The van der Waals surface area contributed by atoms with Crippen LogP contribution in [0.4, 0.5) is 4.79 Å². The third-order valence-corrected chi connectivity index (χ3v) is 4.39. The minimum atomic E-state index is -0.511.